The van der Waals surface area contributed by atoms with E-state index in [1.165, 1.54) is 41.6 Å². The number of anilines is 2. The molecule has 3 fully saturated rings. The van der Waals surface area contributed by atoms with Crippen LogP contribution in [0, 0.1) is 0 Å². The summed E-state index contributed by atoms with van der Waals surface area (Å²) in [4.78, 5) is 64.7. The van der Waals surface area contributed by atoms with Crippen molar-refractivity contribution in [1.82, 2.24) is 39.0 Å². The average molecular weight is 945 g/mol. The molecule has 4 aromatic rings. The van der Waals surface area contributed by atoms with E-state index in [2.05, 4.69) is 41.7 Å². The molecule has 0 aliphatic carbocycles. The first-order valence-electron chi connectivity index (χ1n) is 18.1. The highest BCUT2D eigenvalue weighted by atomic mass is 32.5. The van der Waals surface area contributed by atoms with Gasteiger partial charge >= 0.3 is 22.4 Å². The van der Waals surface area contributed by atoms with Gasteiger partial charge in [-0.3, -0.25) is 27.2 Å². The lowest BCUT2D eigenvalue weighted by atomic mass is 9.89. The molecule has 0 radical (unpaired) electrons. The summed E-state index contributed by atoms with van der Waals surface area (Å²) in [5.74, 6) is 0.172. The zero-order valence-corrected chi connectivity index (χ0v) is 35.4. The van der Waals surface area contributed by atoms with Crippen LogP contribution in [0.5, 0.6) is 0 Å². The van der Waals surface area contributed by atoms with Crippen LogP contribution in [-0.2, 0) is 74.0 Å². The Balaban J connectivity index is 1.00. The van der Waals surface area contributed by atoms with E-state index in [4.69, 9.17) is 57.8 Å². The Bertz CT molecular complexity index is 2310. The average Bonchev–Trinajstić information content (AvgIpc) is 3.99. The number of ether oxygens (including phenoxy) is 5. The molecule has 10 N–H and O–H groups in total. The molecule has 61 heavy (non-hydrogen) atoms. The van der Waals surface area contributed by atoms with Crippen LogP contribution in [0.4, 0.5) is 11.6 Å². The summed E-state index contributed by atoms with van der Waals surface area (Å²) in [7, 11) is -8.81. The SMILES string of the molecule is COC1C(OP(=O)(O)OC[C@@H](OCn2cnc3c(N)ncnc32)C(O)COP(=O)(O)OC[C@]23CCCOC2C(O)[C@H](n2cnc4c(N)ncnc42)O3)CO[C@@H]1COP(O)(O)=S. The molecule has 0 saturated carbocycles. The molecule has 11 atom stereocenters. The fourth-order valence-electron chi connectivity index (χ4n) is 7.01. The van der Waals surface area contributed by atoms with E-state index in [9.17, 15) is 38.9 Å². The minimum atomic E-state index is -5.04. The number of rotatable bonds is 20. The first-order chi connectivity index (χ1) is 28.9. The molecule has 28 nitrogen and oxygen atoms in total. The van der Waals surface area contributed by atoms with Gasteiger partial charge in [-0.15, -0.1) is 0 Å². The maximum absolute atomic E-state index is 13.3. The molecule has 7 unspecified atom stereocenters. The lowest BCUT2D eigenvalue weighted by Crippen LogP contribution is -2.51. The van der Waals surface area contributed by atoms with E-state index in [-0.39, 0.29) is 53.6 Å². The molecule has 4 aromatic heterocycles. The highest BCUT2D eigenvalue weighted by molar-refractivity contribution is 8.06. The lowest BCUT2D eigenvalue weighted by Gasteiger charge is -2.38. The molecule has 32 heteroatoms. The molecule has 0 amide bonds. The number of aromatic nitrogens is 8. The Labute approximate surface area is 349 Å². The molecule has 0 aromatic carbocycles. The van der Waals surface area contributed by atoms with Crippen molar-refractivity contribution in [2.75, 3.05) is 58.2 Å². The predicted octanol–water partition coefficient (Wildman–Crippen LogP) is -1.38. The van der Waals surface area contributed by atoms with Gasteiger partial charge in [-0.1, -0.05) is 0 Å². The number of aliphatic hydroxyl groups is 2. The summed E-state index contributed by atoms with van der Waals surface area (Å²) < 4.78 is 83.8. The topological polar surface area (TPSA) is 387 Å². The number of nitrogen functional groups attached to an aromatic ring is 2. The molecule has 338 valence electrons. The lowest BCUT2D eigenvalue weighted by molar-refractivity contribution is -0.165. The maximum atomic E-state index is 13.3. The molecule has 3 aliphatic heterocycles. The van der Waals surface area contributed by atoms with Crippen LogP contribution in [0.15, 0.2) is 25.3 Å². The van der Waals surface area contributed by atoms with Crippen LogP contribution in [0.1, 0.15) is 19.1 Å². The van der Waals surface area contributed by atoms with Gasteiger partial charge in [0.15, 0.2) is 29.2 Å². The molecule has 0 bridgehead atoms. The molecule has 3 saturated heterocycles. The van der Waals surface area contributed by atoms with Gasteiger partial charge in [0.25, 0.3) is 0 Å². The van der Waals surface area contributed by atoms with Crippen LogP contribution in [0.3, 0.4) is 0 Å². The Kier molecular flexibility index (Phi) is 14.2. The minimum Gasteiger partial charge on any atom is -0.388 e. The summed E-state index contributed by atoms with van der Waals surface area (Å²) in [6.45, 7) is -7.37. The maximum Gasteiger partial charge on any atom is 0.472 e. The number of hydrogen-bond donors (Lipinski definition) is 8. The van der Waals surface area contributed by atoms with Crippen LogP contribution in [0.2, 0.25) is 0 Å². The fraction of sp³-hybridized carbons (Fsp3) is 0.655. The molecule has 7 heterocycles. The van der Waals surface area contributed by atoms with Gasteiger partial charge in [0.05, 0.1) is 45.7 Å². The van der Waals surface area contributed by atoms with Gasteiger partial charge in [-0.2, -0.15) is 0 Å². The second-order valence-electron chi connectivity index (χ2n) is 13.9. The molecular formula is C29H43N10O18P3S. The van der Waals surface area contributed by atoms with E-state index in [0.717, 1.165) is 0 Å². The summed E-state index contributed by atoms with van der Waals surface area (Å²) in [5.41, 5.74) is 11.3. The summed E-state index contributed by atoms with van der Waals surface area (Å²) in [6.07, 6.45) is -4.38. The smallest absolute Gasteiger partial charge is 0.388 e. The van der Waals surface area contributed by atoms with Gasteiger partial charge in [-0.25, -0.2) is 39.0 Å². The number of phosphoric acid groups is 2. The first-order valence-corrected chi connectivity index (χ1v) is 23.7. The Morgan fingerprint density at radius 3 is 2.34 bits per heavy atom. The van der Waals surface area contributed by atoms with Crippen molar-refractivity contribution in [2.24, 2.45) is 0 Å². The molecule has 7 rings (SSSR count). The highest BCUT2D eigenvalue weighted by Gasteiger charge is 2.58. The van der Waals surface area contributed by atoms with Crippen molar-refractivity contribution in [3.63, 3.8) is 0 Å². The Morgan fingerprint density at radius 1 is 0.934 bits per heavy atom. The third-order valence-corrected chi connectivity index (χ3v) is 12.6. The number of phosphoric ester groups is 2. The standard InChI is InChI=1S/C29H43N10O18P3S/c1-48-22-17(8-54-60(46,47)61)50-6-18(22)57-59(44,45)53-7-16(51-14-38-12-36-19-24(30)32-10-34-26(19)38)15(40)5-52-58(42,43)55-9-29-3-2-4-49-23(29)21(41)28(56-29)39-13-37-20-25(31)33-11-35-27(20)39/h10-13,15-18,21-23,28,40-41H,2-9,14H2,1H3,(H,42,43)(H,44,45)(H2,30,32,34)(H2,31,33,35)(H2,46,47,61)/t15?,16-,17-,18?,21?,22?,23?,28-,29-/m1/s1. The number of imidazole rings is 2. The second-order valence-corrected chi connectivity index (χ2v) is 19.4. The number of nitrogens with zero attached hydrogens (tertiary/aromatic N) is 8. The van der Waals surface area contributed by atoms with Crippen molar-refractivity contribution in [3.05, 3.63) is 25.3 Å². The number of fused-ring (bicyclic) bond motifs is 3. The number of nitrogens with two attached hydrogens (primary N) is 2. The minimum absolute atomic E-state index is 0.0692. The second kappa shape index (κ2) is 18.7. The van der Waals surface area contributed by atoms with Crippen molar-refractivity contribution in [3.8, 4) is 0 Å². The van der Waals surface area contributed by atoms with E-state index in [1.54, 1.807) is 0 Å². The number of hydrogen-bond acceptors (Lipinski definition) is 23. The monoisotopic (exact) mass is 944 g/mol. The van der Waals surface area contributed by atoms with Crippen molar-refractivity contribution >= 4 is 68.1 Å². The van der Waals surface area contributed by atoms with E-state index < -0.39 is 110 Å². The van der Waals surface area contributed by atoms with Crippen LogP contribution in [-0.4, -0.2) is 164 Å². The van der Waals surface area contributed by atoms with Crippen LogP contribution < -0.4 is 11.5 Å². The first kappa shape index (κ1) is 46.2. The summed E-state index contributed by atoms with van der Waals surface area (Å²) in [6, 6.07) is 0. The zero-order valence-electron chi connectivity index (χ0n) is 31.9. The van der Waals surface area contributed by atoms with Crippen molar-refractivity contribution in [1.29, 1.82) is 0 Å². The Morgan fingerprint density at radius 2 is 1.62 bits per heavy atom. The van der Waals surface area contributed by atoms with E-state index >= 15 is 0 Å². The predicted molar refractivity (Wildman–Crippen MR) is 206 cm³/mol. The van der Waals surface area contributed by atoms with Gasteiger partial charge < -0.3 is 69.5 Å². The third-order valence-electron chi connectivity index (χ3n) is 9.90. The summed E-state index contributed by atoms with van der Waals surface area (Å²) >= 11 is 4.44. The largest absolute Gasteiger partial charge is 0.472 e. The number of aliphatic hydroxyl groups excluding tert-OH is 2. The normalized spacial score (nSPS) is 28.8. The van der Waals surface area contributed by atoms with Crippen LogP contribution in [0.25, 0.3) is 22.3 Å². The third kappa shape index (κ3) is 10.6. The number of methoxy groups -OCH3 is 1. The van der Waals surface area contributed by atoms with E-state index in [0.29, 0.717) is 6.42 Å². The zero-order chi connectivity index (χ0) is 43.7. The molecular weight excluding hydrogens is 901 g/mol. The van der Waals surface area contributed by atoms with Gasteiger partial charge in [0.1, 0.15) is 78.7 Å². The van der Waals surface area contributed by atoms with Crippen molar-refractivity contribution in [2.45, 2.75) is 74.1 Å². The van der Waals surface area contributed by atoms with Crippen molar-refractivity contribution < 1.29 is 85.2 Å². The van der Waals surface area contributed by atoms with E-state index in [1.807, 2.05) is 0 Å². The Hall–Kier alpha value is -2.83. The highest BCUT2D eigenvalue weighted by Crippen LogP contribution is 2.51. The summed E-state index contributed by atoms with van der Waals surface area (Å²) in [5, 5.41) is 22.5. The fourth-order valence-corrected chi connectivity index (χ4v) is 9.25. The van der Waals surface area contributed by atoms with Gasteiger partial charge in [-0.05, 0) is 24.6 Å². The van der Waals surface area contributed by atoms with Gasteiger partial charge in [0, 0.05) is 13.7 Å². The quantitative estimate of drug-likeness (QED) is 0.0473. The molecule has 0 spiro atoms. The van der Waals surface area contributed by atoms with Crippen LogP contribution >= 0.6 is 22.4 Å². The molecule has 3 aliphatic rings. The van der Waals surface area contributed by atoms with Gasteiger partial charge in [0.2, 0.25) is 0 Å².